The average molecular weight is 412 g/mol. The number of rotatable bonds is 2. The van der Waals surface area contributed by atoms with Crippen LogP contribution in [-0.4, -0.2) is 28.7 Å². The lowest BCUT2D eigenvalue weighted by atomic mass is 9.78. The van der Waals surface area contributed by atoms with Crippen molar-refractivity contribution in [1.82, 2.24) is 4.90 Å². The van der Waals surface area contributed by atoms with E-state index in [1.807, 2.05) is 12.2 Å². The van der Waals surface area contributed by atoms with Gasteiger partial charge in [0.25, 0.3) is 0 Å². The topological polar surface area (TPSA) is 20.3 Å². The predicted octanol–water partition coefficient (Wildman–Crippen LogP) is 4.84. The zero-order valence-electron chi connectivity index (χ0n) is 13.4. The van der Waals surface area contributed by atoms with Gasteiger partial charge in [0, 0.05) is 23.8 Å². The Morgan fingerprint density at radius 2 is 2.04 bits per heavy atom. The minimum atomic E-state index is -4.44. The van der Waals surface area contributed by atoms with E-state index < -0.39 is 17.7 Å². The molecule has 3 rings (SSSR count). The van der Waals surface area contributed by atoms with Gasteiger partial charge < -0.3 is 4.90 Å². The molecule has 1 heterocycles. The van der Waals surface area contributed by atoms with Crippen LogP contribution in [0.25, 0.3) is 0 Å². The number of hydrogen-bond acceptors (Lipinski definition) is 1. The van der Waals surface area contributed by atoms with Crippen LogP contribution in [0, 0.1) is 0 Å². The Morgan fingerprint density at radius 3 is 2.72 bits per heavy atom. The molecule has 1 aliphatic carbocycles. The fourth-order valence-electron chi connectivity index (χ4n) is 3.45. The first kappa shape index (κ1) is 18.0. The van der Waals surface area contributed by atoms with Gasteiger partial charge >= 0.3 is 6.18 Å². The van der Waals surface area contributed by atoms with Gasteiger partial charge in [-0.2, -0.15) is 13.2 Å². The molecule has 1 aromatic carbocycles. The zero-order chi connectivity index (χ0) is 18.2. The van der Waals surface area contributed by atoms with Crippen molar-refractivity contribution < 1.29 is 18.0 Å². The second kappa shape index (κ2) is 6.83. The third-order valence-corrected chi connectivity index (χ3v) is 5.23. The Morgan fingerprint density at radius 1 is 1.32 bits per heavy atom. The molecule has 1 fully saturated rings. The van der Waals surface area contributed by atoms with E-state index in [1.165, 1.54) is 18.2 Å². The Hall–Kier alpha value is -1.82. The van der Waals surface area contributed by atoms with Gasteiger partial charge in [-0.1, -0.05) is 52.9 Å². The van der Waals surface area contributed by atoms with Gasteiger partial charge in [0.05, 0.1) is 5.56 Å². The summed E-state index contributed by atoms with van der Waals surface area (Å²) in [5.74, 6) is -0.780. The summed E-state index contributed by atoms with van der Waals surface area (Å²) in [6.45, 7) is 4.11. The van der Waals surface area contributed by atoms with Crippen molar-refractivity contribution in [2.75, 3.05) is 13.1 Å². The first-order chi connectivity index (χ1) is 11.8. The number of nitrogens with zero attached hydrogens (tertiary/aromatic N) is 1. The highest BCUT2D eigenvalue weighted by Gasteiger charge is 2.39. The molecule has 1 amide bonds. The number of piperidine rings is 1. The molecule has 2 aliphatic rings. The summed E-state index contributed by atoms with van der Waals surface area (Å²) in [6.07, 6.45) is 1.50. The summed E-state index contributed by atoms with van der Waals surface area (Å²) in [6, 6.07) is 5.60. The zero-order valence-corrected chi connectivity index (χ0v) is 15.0. The number of alkyl halides is 4. The summed E-state index contributed by atoms with van der Waals surface area (Å²) in [7, 11) is 0. The van der Waals surface area contributed by atoms with Gasteiger partial charge in [0.15, 0.2) is 0 Å². The van der Waals surface area contributed by atoms with E-state index in [0.29, 0.717) is 6.54 Å². The summed E-state index contributed by atoms with van der Waals surface area (Å²) in [4.78, 5) is 13.7. The van der Waals surface area contributed by atoms with Gasteiger partial charge in [-0.3, -0.25) is 4.79 Å². The van der Waals surface area contributed by atoms with Crippen LogP contribution in [0.15, 0.2) is 60.2 Å². The number of carbonyl (C=O) groups is 1. The second-order valence-electron chi connectivity index (χ2n) is 6.16. The minimum Gasteiger partial charge on any atom is -0.334 e. The van der Waals surface area contributed by atoms with E-state index in [2.05, 4.69) is 22.5 Å². The molecule has 1 aliphatic heterocycles. The predicted molar refractivity (Wildman–Crippen MR) is 94.5 cm³/mol. The monoisotopic (exact) mass is 411 g/mol. The first-order valence-corrected chi connectivity index (χ1v) is 8.85. The molecule has 1 unspecified atom stereocenters. The quantitative estimate of drug-likeness (QED) is 0.503. The molecular weight excluding hydrogens is 395 g/mol. The number of carbonyl (C=O) groups excluding carboxylic acids is 1. The number of halogens is 4. The Kier molecular flexibility index (Phi) is 4.91. The molecule has 2 nitrogen and oxygen atoms in total. The van der Waals surface area contributed by atoms with Crippen LogP contribution < -0.4 is 0 Å². The molecule has 6 heteroatoms. The van der Waals surface area contributed by atoms with E-state index >= 15 is 0 Å². The van der Waals surface area contributed by atoms with Gasteiger partial charge in [0.1, 0.15) is 0 Å². The maximum Gasteiger partial charge on any atom is 0.416 e. The lowest BCUT2D eigenvalue weighted by Gasteiger charge is -2.39. The fraction of sp³-hybridized carbons (Fsp3) is 0.316. The Bertz CT molecular complexity index is 766. The lowest BCUT2D eigenvalue weighted by Crippen LogP contribution is -2.41. The molecule has 0 N–H and O–H groups in total. The van der Waals surface area contributed by atoms with Crippen molar-refractivity contribution in [3.8, 4) is 0 Å². The van der Waals surface area contributed by atoms with E-state index in [9.17, 15) is 18.0 Å². The van der Waals surface area contributed by atoms with Crippen LogP contribution in [0.4, 0.5) is 13.2 Å². The Balaban J connectivity index is 2.10. The summed E-state index contributed by atoms with van der Waals surface area (Å²) in [5, 5.41) is 0. The summed E-state index contributed by atoms with van der Waals surface area (Å²) in [5.41, 5.74) is 1.34. The smallest absolute Gasteiger partial charge is 0.334 e. The molecule has 0 bridgehead atoms. The summed E-state index contributed by atoms with van der Waals surface area (Å²) < 4.78 is 40.5. The maximum absolute atomic E-state index is 13.5. The number of allylic oxidation sites excluding steroid dienone is 2. The third-order valence-electron chi connectivity index (χ3n) is 4.59. The number of amides is 1. The van der Waals surface area contributed by atoms with Crippen LogP contribution >= 0.6 is 15.9 Å². The first-order valence-electron chi connectivity index (χ1n) is 7.94. The number of fused-ring (bicyclic) bond motifs is 1. The van der Waals surface area contributed by atoms with E-state index in [0.717, 1.165) is 23.6 Å². The number of likely N-dealkylation sites (tertiary alicyclic amines) is 1. The van der Waals surface area contributed by atoms with Crippen molar-refractivity contribution in [3.63, 3.8) is 0 Å². The van der Waals surface area contributed by atoms with Crippen molar-refractivity contribution in [3.05, 3.63) is 71.3 Å². The number of hydrogen-bond donors (Lipinski definition) is 0. The molecule has 2 atom stereocenters. The molecule has 0 saturated carbocycles. The highest BCUT2D eigenvalue weighted by atomic mass is 79.9. The van der Waals surface area contributed by atoms with Crippen molar-refractivity contribution in [2.24, 2.45) is 0 Å². The van der Waals surface area contributed by atoms with E-state index in [-0.39, 0.29) is 22.8 Å². The van der Waals surface area contributed by atoms with Crippen molar-refractivity contribution in [2.45, 2.75) is 23.3 Å². The van der Waals surface area contributed by atoms with E-state index in [1.54, 1.807) is 11.0 Å². The van der Waals surface area contributed by atoms with Crippen molar-refractivity contribution >= 4 is 21.8 Å². The van der Waals surface area contributed by atoms with Crippen molar-refractivity contribution in [1.29, 1.82) is 0 Å². The summed E-state index contributed by atoms with van der Waals surface area (Å²) >= 11 is 3.53. The van der Waals surface area contributed by atoms with Crippen LogP contribution in [0.1, 0.15) is 23.5 Å². The molecule has 1 aromatic rings. The Labute approximate surface area is 152 Å². The fourth-order valence-corrected chi connectivity index (χ4v) is 3.92. The van der Waals surface area contributed by atoms with Gasteiger partial charge in [0.2, 0.25) is 5.91 Å². The molecule has 1 saturated heterocycles. The van der Waals surface area contributed by atoms with Crippen LogP contribution in [0.2, 0.25) is 0 Å². The minimum absolute atomic E-state index is 0.0912. The molecular formula is C19H17BrF3NO. The SMILES string of the molecule is C=CC(=O)N1CC2=CCC(Br)C=C2[C@H](c2ccccc2C(F)(F)F)C1. The largest absolute Gasteiger partial charge is 0.416 e. The normalized spacial score (nSPS) is 23.4. The van der Waals surface area contributed by atoms with Gasteiger partial charge in [-0.05, 0) is 35.3 Å². The third kappa shape index (κ3) is 3.59. The molecule has 0 spiro atoms. The van der Waals surface area contributed by atoms with Crippen LogP contribution in [-0.2, 0) is 11.0 Å². The van der Waals surface area contributed by atoms with Crippen LogP contribution in [0.3, 0.4) is 0 Å². The maximum atomic E-state index is 13.5. The molecule has 0 aromatic heterocycles. The highest BCUT2D eigenvalue weighted by molar-refractivity contribution is 9.09. The van der Waals surface area contributed by atoms with E-state index in [4.69, 9.17) is 0 Å². The molecule has 132 valence electrons. The lowest BCUT2D eigenvalue weighted by molar-refractivity contribution is -0.138. The average Bonchev–Trinajstić information content (AvgIpc) is 2.59. The molecule has 25 heavy (non-hydrogen) atoms. The number of benzene rings is 1. The molecule has 0 radical (unpaired) electrons. The standard InChI is InChI=1S/C19H17BrF3NO/c1-2-18(25)24-10-12-7-8-13(20)9-15(12)16(11-24)14-5-3-4-6-17(14)19(21,22)23/h2-7,9,13,16H,1,8,10-11H2/t13?,16-/m0/s1. The highest BCUT2D eigenvalue weighted by Crippen LogP contribution is 2.43. The second-order valence-corrected chi connectivity index (χ2v) is 7.34. The van der Waals surface area contributed by atoms with Gasteiger partial charge in [-0.25, -0.2) is 0 Å². The van der Waals surface area contributed by atoms with Gasteiger partial charge in [-0.15, -0.1) is 0 Å². The van der Waals surface area contributed by atoms with Crippen LogP contribution in [0.5, 0.6) is 0 Å².